The standard InChI is InChI=1S/C42H34/c1-2-22-42(23-3-1)38-24-30(32-18-14-28-12-10-26-6-4-8-36(32)40(26)28)16-20-34(38)35-21-17-31(25-39(35)42)33-19-15-29-13-11-27-7-5-9-37(33)41(27)29/h4-9,14-21,24-25H,1-3,10-13,22-23H2. The zero-order chi connectivity index (χ0) is 27.4. The van der Waals surface area contributed by atoms with Gasteiger partial charge in [-0.25, -0.2) is 0 Å². The van der Waals surface area contributed by atoms with Crippen LogP contribution < -0.4 is 0 Å². The molecule has 6 aromatic rings. The lowest BCUT2D eigenvalue weighted by Gasteiger charge is -2.36. The number of benzene rings is 6. The number of fused-ring (bicyclic) bond motifs is 5. The SMILES string of the molecule is c1cc2c3c(ccc(-c4ccc5c(c4)C4(CCCCC4)c4cc(-c6ccc7c8c(cccc68)CC7)ccc4-5)c3c1)CC2. The van der Waals surface area contributed by atoms with Gasteiger partial charge in [0.1, 0.15) is 0 Å². The van der Waals surface area contributed by atoms with Crippen molar-refractivity contribution in [1.29, 1.82) is 0 Å². The maximum absolute atomic E-state index is 2.60. The molecule has 0 atom stereocenters. The van der Waals surface area contributed by atoms with Gasteiger partial charge in [-0.05, 0) is 139 Å². The molecule has 0 unspecified atom stereocenters. The summed E-state index contributed by atoms with van der Waals surface area (Å²) >= 11 is 0. The van der Waals surface area contributed by atoms with Gasteiger partial charge in [0.05, 0.1) is 0 Å². The first-order valence-electron chi connectivity index (χ1n) is 16.2. The molecule has 0 heteroatoms. The monoisotopic (exact) mass is 538 g/mol. The minimum atomic E-state index is 0.124. The quantitative estimate of drug-likeness (QED) is 0.206. The van der Waals surface area contributed by atoms with Gasteiger partial charge in [0, 0.05) is 5.41 Å². The molecule has 4 aliphatic carbocycles. The molecule has 1 fully saturated rings. The van der Waals surface area contributed by atoms with Crippen molar-refractivity contribution in [1.82, 2.24) is 0 Å². The van der Waals surface area contributed by atoms with Crippen molar-refractivity contribution >= 4 is 21.5 Å². The Morgan fingerprint density at radius 3 is 1.36 bits per heavy atom. The van der Waals surface area contributed by atoms with Gasteiger partial charge in [-0.1, -0.05) is 104 Å². The van der Waals surface area contributed by atoms with E-state index < -0.39 is 0 Å². The maximum Gasteiger partial charge on any atom is 0.0215 e. The van der Waals surface area contributed by atoms with E-state index in [9.17, 15) is 0 Å². The summed E-state index contributed by atoms with van der Waals surface area (Å²) in [5, 5.41) is 5.90. The van der Waals surface area contributed by atoms with Crippen molar-refractivity contribution in [3.05, 3.63) is 130 Å². The van der Waals surface area contributed by atoms with Gasteiger partial charge in [-0.3, -0.25) is 0 Å². The molecule has 0 nitrogen and oxygen atoms in total. The van der Waals surface area contributed by atoms with Crippen LogP contribution in [0.15, 0.2) is 97.1 Å². The van der Waals surface area contributed by atoms with Crippen molar-refractivity contribution in [2.45, 2.75) is 63.2 Å². The summed E-state index contributed by atoms with van der Waals surface area (Å²) in [5.41, 5.74) is 17.9. The van der Waals surface area contributed by atoms with E-state index in [4.69, 9.17) is 0 Å². The smallest absolute Gasteiger partial charge is 0.0215 e. The molecule has 0 bridgehead atoms. The molecule has 1 spiro atoms. The molecule has 42 heavy (non-hydrogen) atoms. The molecular formula is C42H34. The Morgan fingerprint density at radius 1 is 0.405 bits per heavy atom. The Labute approximate surface area is 248 Å². The first kappa shape index (κ1) is 23.4. The Balaban J connectivity index is 1.16. The molecule has 0 aromatic heterocycles. The van der Waals surface area contributed by atoms with E-state index in [2.05, 4.69) is 97.1 Å². The van der Waals surface area contributed by atoms with Gasteiger partial charge in [0.25, 0.3) is 0 Å². The van der Waals surface area contributed by atoms with Gasteiger partial charge >= 0.3 is 0 Å². The van der Waals surface area contributed by atoms with Crippen LogP contribution in [-0.4, -0.2) is 0 Å². The Bertz CT molecular complexity index is 1950. The summed E-state index contributed by atoms with van der Waals surface area (Å²) in [6, 6.07) is 38.4. The predicted octanol–water partition coefficient (Wildman–Crippen LogP) is 10.8. The maximum atomic E-state index is 2.60. The average molecular weight is 539 g/mol. The van der Waals surface area contributed by atoms with E-state index in [0.29, 0.717) is 0 Å². The van der Waals surface area contributed by atoms with Crippen molar-refractivity contribution in [2.24, 2.45) is 0 Å². The Kier molecular flexibility index (Phi) is 4.71. The second-order valence-corrected chi connectivity index (χ2v) is 13.4. The molecule has 1 saturated carbocycles. The van der Waals surface area contributed by atoms with E-state index in [1.807, 2.05) is 0 Å². The van der Waals surface area contributed by atoms with Crippen LogP contribution in [0.1, 0.15) is 65.5 Å². The molecule has 0 N–H and O–H groups in total. The Morgan fingerprint density at radius 2 is 0.857 bits per heavy atom. The van der Waals surface area contributed by atoms with Crippen LogP contribution in [0.4, 0.5) is 0 Å². The lowest BCUT2D eigenvalue weighted by atomic mass is 9.67. The van der Waals surface area contributed by atoms with Gasteiger partial charge < -0.3 is 0 Å². The van der Waals surface area contributed by atoms with Crippen LogP contribution in [0.3, 0.4) is 0 Å². The minimum absolute atomic E-state index is 0.124. The predicted molar refractivity (Wildman–Crippen MR) is 176 cm³/mol. The highest BCUT2D eigenvalue weighted by atomic mass is 14.5. The topological polar surface area (TPSA) is 0 Å². The molecule has 10 rings (SSSR count). The van der Waals surface area contributed by atoms with Crippen LogP contribution in [0.25, 0.3) is 54.9 Å². The lowest BCUT2D eigenvalue weighted by Crippen LogP contribution is -2.28. The van der Waals surface area contributed by atoms with Gasteiger partial charge in [0.15, 0.2) is 0 Å². The van der Waals surface area contributed by atoms with Crippen LogP contribution in [0.5, 0.6) is 0 Å². The normalized spacial score (nSPS) is 17.3. The summed E-state index contributed by atoms with van der Waals surface area (Å²) in [6.07, 6.45) is 11.2. The van der Waals surface area contributed by atoms with E-state index in [-0.39, 0.29) is 5.41 Å². The van der Waals surface area contributed by atoms with Gasteiger partial charge in [0.2, 0.25) is 0 Å². The average Bonchev–Trinajstić information content (AvgIpc) is 3.74. The fourth-order valence-corrected chi connectivity index (χ4v) is 9.52. The highest BCUT2D eigenvalue weighted by Gasteiger charge is 2.44. The number of rotatable bonds is 2. The molecule has 0 amide bonds. The largest absolute Gasteiger partial charge is 0.0613 e. The van der Waals surface area contributed by atoms with Crippen LogP contribution >= 0.6 is 0 Å². The summed E-state index contributed by atoms with van der Waals surface area (Å²) in [6.45, 7) is 0. The first-order chi connectivity index (χ1) is 20.8. The number of hydrogen-bond donors (Lipinski definition) is 0. The fraction of sp³-hybridized carbons (Fsp3) is 0.238. The second kappa shape index (κ2) is 8.45. The van der Waals surface area contributed by atoms with Gasteiger partial charge in [-0.15, -0.1) is 0 Å². The first-order valence-corrected chi connectivity index (χ1v) is 16.2. The number of hydrogen-bond acceptors (Lipinski definition) is 0. The summed E-state index contributed by atoms with van der Waals surface area (Å²) < 4.78 is 0. The third-order valence-corrected chi connectivity index (χ3v) is 11.4. The van der Waals surface area contributed by atoms with E-state index in [1.165, 1.54) is 135 Å². The molecule has 202 valence electrons. The van der Waals surface area contributed by atoms with E-state index in [1.54, 1.807) is 11.1 Å². The van der Waals surface area contributed by atoms with Crippen LogP contribution in [0, 0.1) is 0 Å². The summed E-state index contributed by atoms with van der Waals surface area (Å²) in [4.78, 5) is 0. The van der Waals surface area contributed by atoms with Crippen molar-refractivity contribution in [3.63, 3.8) is 0 Å². The lowest BCUT2D eigenvalue weighted by molar-refractivity contribution is 0.353. The van der Waals surface area contributed by atoms with Crippen molar-refractivity contribution < 1.29 is 0 Å². The molecular weight excluding hydrogens is 504 g/mol. The molecule has 4 aliphatic rings. The molecule has 0 saturated heterocycles. The Hall–Kier alpha value is -4.16. The van der Waals surface area contributed by atoms with E-state index in [0.717, 1.165) is 0 Å². The zero-order valence-corrected chi connectivity index (χ0v) is 24.1. The highest BCUT2D eigenvalue weighted by Crippen LogP contribution is 2.57. The van der Waals surface area contributed by atoms with Crippen molar-refractivity contribution in [3.8, 4) is 33.4 Å². The third kappa shape index (κ3) is 3.03. The molecule has 6 aromatic carbocycles. The molecule has 0 heterocycles. The van der Waals surface area contributed by atoms with Crippen LogP contribution in [0.2, 0.25) is 0 Å². The highest BCUT2D eigenvalue weighted by molar-refractivity contribution is 6.03. The number of aryl methyl sites for hydroxylation is 4. The fourth-order valence-electron chi connectivity index (χ4n) is 9.52. The molecule has 0 radical (unpaired) electrons. The summed E-state index contributed by atoms with van der Waals surface area (Å²) in [5.74, 6) is 0. The third-order valence-electron chi connectivity index (χ3n) is 11.4. The minimum Gasteiger partial charge on any atom is -0.0613 e. The van der Waals surface area contributed by atoms with Gasteiger partial charge in [-0.2, -0.15) is 0 Å². The second-order valence-electron chi connectivity index (χ2n) is 13.4. The molecule has 0 aliphatic heterocycles. The zero-order valence-electron chi connectivity index (χ0n) is 24.1. The van der Waals surface area contributed by atoms with E-state index >= 15 is 0 Å². The van der Waals surface area contributed by atoms with Crippen LogP contribution in [-0.2, 0) is 31.1 Å². The summed E-state index contributed by atoms with van der Waals surface area (Å²) in [7, 11) is 0. The van der Waals surface area contributed by atoms with Crippen molar-refractivity contribution in [2.75, 3.05) is 0 Å².